The Bertz CT molecular complexity index is 854. The lowest BCUT2D eigenvalue weighted by molar-refractivity contribution is 0.122. The molecule has 2 saturated heterocycles. The zero-order valence-corrected chi connectivity index (χ0v) is 17.5. The molecule has 1 atom stereocenters. The Hall–Kier alpha value is -2.80. The largest absolute Gasteiger partial charge is 0.378 e. The molecule has 0 aromatic heterocycles. The molecule has 6 nitrogen and oxygen atoms in total. The van der Waals surface area contributed by atoms with E-state index in [4.69, 9.17) is 4.74 Å². The molecule has 0 radical (unpaired) electrons. The minimum absolute atomic E-state index is 0.187. The number of hydrogen-bond donors (Lipinski definition) is 2. The fourth-order valence-corrected chi connectivity index (χ4v) is 4.05. The summed E-state index contributed by atoms with van der Waals surface area (Å²) in [6.07, 6.45) is 1.05. The maximum atomic E-state index is 14.6. The molecule has 4 rings (SSSR count). The van der Waals surface area contributed by atoms with Crippen molar-refractivity contribution in [1.82, 2.24) is 10.6 Å². The Morgan fingerprint density at radius 2 is 1.90 bits per heavy atom. The molecule has 2 N–H and O–H groups in total. The number of nitrogens with zero attached hydrogens (tertiary/aromatic N) is 3. The van der Waals surface area contributed by atoms with Crippen LogP contribution in [0.3, 0.4) is 0 Å². The Morgan fingerprint density at radius 3 is 2.63 bits per heavy atom. The van der Waals surface area contributed by atoms with Crippen LogP contribution in [0.15, 0.2) is 53.5 Å². The SMILES string of the molecule is CN=C(NCc1ccc(N2CCOCC2)c(F)c1)NC1CCN(c2ccccc2)C1. The molecule has 2 aromatic rings. The molecule has 160 valence electrons. The van der Waals surface area contributed by atoms with E-state index in [1.807, 2.05) is 23.1 Å². The number of anilines is 2. The second kappa shape index (κ2) is 9.80. The number of hydrogen-bond acceptors (Lipinski definition) is 4. The van der Waals surface area contributed by atoms with Gasteiger partial charge in [-0.15, -0.1) is 0 Å². The summed E-state index contributed by atoms with van der Waals surface area (Å²) in [4.78, 5) is 8.75. The van der Waals surface area contributed by atoms with Gasteiger partial charge in [-0.2, -0.15) is 0 Å². The van der Waals surface area contributed by atoms with Crippen LogP contribution in [0.25, 0.3) is 0 Å². The maximum Gasteiger partial charge on any atom is 0.191 e. The summed E-state index contributed by atoms with van der Waals surface area (Å²) in [6.45, 7) is 5.23. The quantitative estimate of drug-likeness (QED) is 0.585. The van der Waals surface area contributed by atoms with Crippen molar-refractivity contribution in [2.24, 2.45) is 4.99 Å². The second-order valence-electron chi connectivity index (χ2n) is 7.72. The zero-order chi connectivity index (χ0) is 20.8. The third-order valence-corrected chi connectivity index (χ3v) is 5.70. The van der Waals surface area contributed by atoms with Gasteiger partial charge in [0.15, 0.2) is 5.96 Å². The van der Waals surface area contributed by atoms with E-state index in [1.54, 1.807) is 13.1 Å². The smallest absolute Gasteiger partial charge is 0.191 e. The summed E-state index contributed by atoms with van der Waals surface area (Å²) in [6, 6.07) is 16.2. The minimum atomic E-state index is -0.187. The first-order valence-electron chi connectivity index (χ1n) is 10.6. The van der Waals surface area contributed by atoms with E-state index in [0.717, 1.165) is 44.1 Å². The molecule has 0 saturated carbocycles. The number of halogens is 1. The topological polar surface area (TPSA) is 52.1 Å². The predicted octanol–water partition coefficient (Wildman–Crippen LogP) is 2.61. The molecule has 2 aromatic carbocycles. The van der Waals surface area contributed by atoms with Gasteiger partial charge in [-0.25, -0.2) is 4.39 Å². The fraction of sp³-hybridized carbons (Fsp3) is 0.435. The first-order valence-corrected chi connectivity index (χ1v) is 10.6. The number of para-hydroxylation sites is 1. The normalized spacial score (nSPS) is 19.8. The van der Waals surface area contributed by atoms with Crippen molar-refractivity contribution in [3.05, 3.63) is 59.9 Å². The van der Waals surface area contributed by atoms with Gasteiger partial charge in [-0.1, -0.05) is 24.3 Å². The number of ether oxygens (including phenoxy) is 1. The highest BCUT2D eigenvalue weighted by atomic mass is 19.1. The molecule has 30 heavy (non-hydrogen) atoms. The first-order chi connectivity index (χ1) is 14.7. The van der Waals surface area contributed by atoms with Crippen LogP contribution in [0.1, 0.15) is 12.0 Å². The average molecular weight is 412 g/mol. The first kappa shape index (κ1) is 20.5. The zero-order valence-electron chi connectivity index (χ0n) is 17.5. The van der Waals surface area contributed by atoms with Crippen LogP contribution in [0.2, 0.25) is 0 Å². The summed E-state index contributed by atoms with van der Waals surface area (Å²) < 4.78 is 20.0. The molecule has 0 bridgehead atoms. The van der Waals surface area contributed by atoms with Crippen LogP contribution in [-0.4, -0.2) is 58.4 Å². The summed E-state index contributed by atoms with van der Waals surface area (Å²) in [5.41, 5.74) is 2.79. The van der Waals surface area contributed by atoms with Gasteiger partial charge in [0.25, 0.3) is 0 Å². The Kier molecular flexibility index (Phi) is 6.69. The van der Waals surface area contributed by atoms with E-state index in [0.29, 0.717) is 31.5 Å². The summed E-state index contributed by atoms with van der Waals surface area (Å²) >= 11 is 0. The molecule has 2 heterocycles. The van der Waals surface area contributed by atoms with Gasteiger partial charge in [0.05, 0.1) is 18.9 Å². The molecule has 0 amide bonds. The third kappa shape index (κ3) is 5.02. The number of aliphatic imine (C=N–C) groups is 1. The summed E-state index contributed by atoms with van der Waals surface area (Å²) in [7, 11) is 1.77. The predicted molar refractivity (Wildman–Crippen MR) is 120 cm³/mol. The average Bonchev–Trinajstić information content (AvgIpc) is 3.26. The summed E-state index contributed by atoms with van der Waals surface area (Å²) in [5.74, 6) is 0.556. The van der Waals surface area contributed by atoms with Crippen LogP contribution in [0.5, 0.6) is 0 Å². The Labute approximate surface area is 177 Å². The van der Waals surface area contributed by atoms with Crippen molar-refractivity contribution in [3.63, 3.8) is 0 Å². The maximum absolute atomic E-state index is 14.6. The van der Waals surface area contributed by atoms with Gasteiger partial charge >= 0.3 is 0 Å². The lowest BCUT2D eigenvalue weighted by atomic mass is 10.1. The Morgan fingerprint density at radius 1 is 1.10 bits per heavy atom. The molecular formula is C23H30FN5O. The fourth-order valence-electron chi connectivity index (χ4n) is 4.05. The molecule has 1 unspecified atom stereocenters. The summed E-state index contributed by atoms with van der Waals surface area (Å²) in [5, 5.41) is 6.81. The lowest BCUT2D eigenvalue weighted by Crippen LogP contribution is -2.44. The highest BCUT2D eigenvalue weighted by Gasteiger charge is 2.23. The molecule has 2 aliphatic rings. The van der Waals surface area contributed by atoms with Gasteiger partial charge < -0.3 is 25.2 Å². The van der Waals surface area contributed by atoms with E-state index in [-0.39, 0.29) is 5.82 Å². The number of nitrogens with one attached hydrogen (secondary N) is 2. The highest BCUT2D eigenvalue weighted by Crippen LogP contribution is 2.22. The van der Waals surface area contributed by atoms with Crippen LogP contribution >= 0.6 is 0 Å². The van der Waals surface area contributed by atoms with Crippen molar-refractivity contribution < 1.29 is 9.13 Å². The van der Waals surface area contributed by atoms with Crippen molar-refractivity contribution in [2.45, 2.75) is 19.0 Å². The van der Waals surface area contributed by atoms with Crippen molar-refractivity contribution >= 4 is 17.3 Å². The van der Waals surface area contributed by atoms with Crippen LogP contribution in [0, 0.1) is 5.82 Å². The number of rotatable bonds is 5. The van der Waals surface area contributed by atoms with E-state index in [9.17, 15) is 4.39 Å². The van der Waals surface area contributed by atoms with E-state index >= 15 is 0 Å². The molecule has 2 fully saturated rings. The van der Waals surface area contributed by atoms with Gasteiger partial charge in [0, 0.05) is 51.5 Å². The molecule has 7 heteroatoms. The number of benzene rings is 2. The molecule has 0 spiro atoms. The minimum Gasteiger partial charge on any atom is -0.378 e. The van der Waals surface area contributed by atoms with Gasteiger partial charge in [-0.05, 0) is 36.2 Å². The van der Waals surface area contributed by atoms with Crippen LogP contribution < -0.4 is 20.4 Å². The van der Waals surface area contributed by atoms with E-state index < -0.39 is 0 Å². The highest BCUT2D eigenvalue weighted by molar-refractivity contribution is 5.80. The van der Waals surface area contributed by atoms with Gasteiger partial charge in [-0.3, -0.25) is 4.99 Å². The monoisotopic (exact) mass is 411 g/mol. The second-order valence-corrected chi connectivity index (χ2v) is 7.72. The van der Waals surface area contributed by atoms with Crippen LogP contribution in [0.4, 0.5) is 15.8 Å². The third-order valence-electron chi connectivity index (χ3n) is 5.70. The number of morpholine rings is 1. The Balaban J connectivity index is 1.29. The molecule has 2 aliphatic heterocycles. The van der Waals surface area contributed by atoms with Gasteiger partial charge in [0.1, 0.15) is 5.82 Å². The molecular weight excluding hydrogens is 381 g/mol. The molecule has 0 aliphatic carbocycles. The lowest BCUT2D eigenvalue weighted by Gasteiger charge is -2.29. The van der Waals surface area contributed by atoms with Gasteiger partial charge in [0.2, 0.25) is 0 Å². The van der Waals surface area contributed by atoms with E-state index in [2.05, 4.69) is 44.8 Å². The van der Waals surface area contributed by atoms with Crippen molar-refractivity contribution in [1.29, 1.82) is 0 Å². The van der Waals surface area contributed by atoms with Crippen molar-refractivity contribution in [3.8, 4) is 0 Å². The van der Waals surface area contributed by atoms with Crippen LogP contribution in [-0.2, 0) is 11.3 Å². The number of guanidine groups is 1. The van der Waals surface area contributed by atoms with Crippen molar-refractivity contribution in [2.75, 3.05) is 56.2 Å². The van der Waals surface area contributed by atoms with E-state index in [1.165, 1.54) is 5.69 Å². The standard InChI is InChI=1S/C23H30FN5O/c1-25-23(27-19-9-10-29(17-19)20-5-3-2-4-6-20)26-16-18-7-8-22(21(24)15-18)28-11-13-30-14-12-28/h2-8,15,19H,9-14,16-17H2,1H3,(H2,25,26,27).